The second kappa shape index (κ2) is 6.18. The molecule has 0 spiro atoms. The van der Waals surface area contributed by atoms with Gasteiger partial charge in [-0.15, -0.1) is 0 Å². The average Bonchev–Trinajstić information content (AvgIpc) is 2.96. The highest BCUT2D eigenvalue weighted by molar-refractivity contribution is 5.87. The van der Waals surface area contributed by atoms with Crippen molar-refractivity contribution in [3.63, 3.8) is 0 Å². The normalized spacial score (nSPS) is 34.4. The van der Waals surface area contributed by atoms with Crippen LogP contribution in [0.25, 0.3) is 0 Å². The van der Waals surface area contributed by atoms with Gasteiger partial charge in [-0.1, -0.05) is 13.0 Å². The van der Waals surface area contributed by atoms with E-state index in [1.165, 1.54) is 24.0 Å². The van der Waals surface area contributed by atoms with E-state index in [4.69, 9.17) is 10.5 Å². The number of hydrogen-bond donors (Lipinski definition) is 1. The number of ketones is 1. The first-order chi connectivity index (χ1) is 11.7. The van der Waals surface area contributed by atoms with Crippen molar-refractivity contribution < 1.29 is 9.53 Å². The number of rotatable bonds is 4. The minimum atomic E-state index is 0.0167. The molecule has 3 nitrogen and oxygen atoms in total. The Kier molecular flexibility index (Phi) is 4.16. The third-order valence-electron chi connectivity index (χ3n) is 7.16. The van der Waals surface area contributed by atoms with E-state index in [1.807, 2.05) is 0 Å². The number of carbonyl (C=O) groups is 1. The minimum Gasteiger partial charge on any atom is -0.492 e. The van der Waals surface area contributed by atoms with Gasteiger partial charge in [-0.05, 0) is 79.5 Å². The maximum atomic E-state index is 12.6. The molecule has 4 atom stereocenters. The van der Waals surface area contributed by atoms with Gasteiger partial charge in [-0.25, -0.2) is 0 Å². The molecule has 0 radical (unpaired) electrons. The van der Waals surface area contributed by atoms with Crippen LogP contribution in [0.3, 0.4) is 0 Å². The zero-order valence-electron chi connectivity index (χ0n) is 14.7. The van der Waals surface area contributed by atoms with Crippen molar-refractivity contribution in [2.75, 3.05) is 13.2 Å². The van der Waals surface area contributed by atoms with E-state index in [1.54, 1.807) is 0 Å². The summed E-state index contributed by atoms with van der Waals surface area (Å²) < 4.78 is 5.70. The number of benzene rings is 1. The standard InChI is InChI=1S/C21H29NO2/c1-2-21-10-9-17-16-6-4-15(24-12-11-22)13-14(16)3-5-18(17)19(21)7-8-20(21)23/h4,6,13,17-19H,2-3,5,7-12,22H2,1H3/t17-,18-,19+,21+/m1/s1. The summed E-state index contributed by atoms with van der Waals surface area (Å²) in [5.74, 6) is 3.48. The predicted octanol–water partition coefficient (Wildman–Crippen LogP) is 3.84. The molecule has 3 aliphatic rings. The molecule has 0 bridgehead atoms. The summed E-state index contributed by atoms with van der Waals surface area (Å²) >= 11 is 0. The minimum absolute atomic E-state index is 0.0167. The topological polar surface area (TPSA) is 52.3 Å². The highest BCUT2D eigenvalue weighted by atomic mass is 16.5. The van der Waals surface area contributed by atoms with Crippen molar-refractivity contribution in [1.82, 2.24) is 0 Å². The van der Waals surface area contributed by atoms with Crippen LogP contribution in [0.1, 0.15) is 62.5 Å². The predicted molar refractivity (Wildman–Crippen MR) is 95.2 cm³/mol. The van der Waals surface area contributed by atoms with Gasteiger partial charge in [-0.3, -0.25) is 4.79 Å². The molecule has 0 saturated heterocycles. The smallest absolute Gasteiger partial charge is 0.139 e. The number of nitrogens with two attached hydrogens (primary N) is 1. The fraction of sp³-hybridized carbons (Fsp3) is 0.667. The molecule has 0 amide bonds. The van der Waals surface area contributed by atoms with Crippen LogP contribution in [0.15, 0.2) is 18.2 Å². The van der Waals surface area contributed by atoms with Gasteiger partial charge in [-0.2, -0.15) is 0 Å². The average molecular weight is 327 g/mol. The molecule has 2 fully saturated rings. The maximum Gasteiger partial charge on any atom is 0.139 e. The molecule has 0 unspecified atom stereocenters. The lowest BCUT2D eigenvalue weighted by molar-refractivity contribution is -0.131. The van der Waals surface area contributed by atoms with Gasteiger partial charge in [0, 0.05) is 18.4 Å². The lowest BCUT2D eigenvalue weighted by Gasteiger charge is -2.49. The SMILES string of the molecule is CC[C@]12CC[C@@H]3c4ccc(OCCN)cc4CC[C@H]3[C@@H]1CCC2=O. The van der Waals surface area contributed by atoms with E-state index in [-0.39, 0.29) is 5.41 Å². The number of fused-ring (bicyclic) bond motifs is 5. The number of Topliss-reactive ketones (excluding diaryl/α,β-unsaturated/α-hetero) is 1. The van der Waals surface area contributed by atoms with Crippen LogP contribution in [-0.4, -0.2) is 18.9 Å². The highest BCUT2D eigenvalue weighted by Gasteiger charge is 2.56. The summed E-state index contributed by atoms with van der Waals surface area (Å²) in [5.41, 5.74) is 8.53. The Morgan fingerprint density at radius 1 is 1.25 bits per heavy atom. The Hall–Kier alpha value is -1.35. The van der Waals surface area contributed by atoms with E-state index >= 15 is 0 Å². The summed E-state index contributed by atoms with van der Waals surface area (Å²) in [5, 5.41) is 0. The molecular weight excluding hydrogens is 298 g/mol. The molecule has 1 aromatic rings. The molecule has 2 N–H and O–H groups in total. The molecular formula is C21H29NO2. The third-order valence-corrected chi connectivity index (χ3v) is 7.16. The lowest BCUT2D eigenvalue weighted by Crippen LogP contribution is -2.44. The summed E-state index contributed by atoms with van der Waals surface area (Å²) in [4.78, 5) is 12.6. The largest absolute Gasteiger partial charge is 0.492 e. The fourth-order valence-electron chi connectivity index (χ4n) is 6.05. The van der Waals surface area contributed by atoms with E-state index in [9.17, 15) is 4.79 Å². The summed E-state index contributed by atoms with van der Waals surface area (Å²) in [6.45, 7) is 3.36. The summed E-state index contributed by atoms with van der Waals surface area (Å²) in [6, 6.07) is 6.62. The van der Waals surface area contributed by atoms with E-state index in [0.29, 0.717) is 36.7 Å². The molecule has 0 heterocycles. The first-order valence-corrected chi connectivity index (χ1v) is 9.68. The molecule has 130 valence electrons. The Labute approximate surface area is 145 Å². The van der Waals surface area contributed by atoms with Gasteiger partial charge < -0.3 is 10.5 Å². The molecule has 3 aliphatic carbocycles. The van der Waals surface area contributed by atoms with Gasteiger partial charge in [0.1, 0.15) is 18.1 Å². The molecule has 2 saturated carbocycles. The number of ether oxygens (including phenoxy) is 1. The highest BCUT2D eigenvalue weighted by Crippen LogP contribution is 2.61. The number of aryl methyl sites for hydroxylation is 1. The molecule has 4 rings (SSSR count). The number of carbonyl (C=O) groups excluding carboxylic acids is 1. The van der Waals surface area contributed by atoms with Crippen molar-refractivity contribution in [2.45, 2.75) is 57.8 Å². The van der Waals surface area contributed by atoms with Crippen LogP contribution in [0.5, 0.6) is 5.75 Å². The monoisotopic (exact) mass is 327 g/mol. The van der Waals surface area contributed by atoms with Crippen molar-refractivity contribution in [3.05, 3.63) is 29.3 Å². The zero-order valence-corrected chi connectivity index (χ0v) is 14.7. The van der Waals surface area contributed by atoms with Crippen LogP contribution in [0, 0.1) is 17.3 Å². The molecule has 1 aromatic carbocycles. The van der Waals surface area contributed by atoms with Crippen molar-refractivity contribution >= 4 is 5.78 Å². The maximum absolute atomic E-state index is 12.6. The van der Waals surface area contributed by atoms with E-state index in [2.05, 4.69) is 25.1 Å². The zero-order chi connectivity index (χ0) is 16.7. The Balaban J connectivity index is 1.61. The van der Waals surface area contributed by atoms with Crippen LogP contribution in [0.4, 0.5) is 0 Å². The van der Waals surface area contributed by atoms with Crippen molar-refractivity contribution in [2.24, 2.45) is 23.0 Å². The van der Waals surface area contributed by atoms with Crippen LogP contribution >= 0.6 is 0 Å². The fourth-order valence-corrected chi connectivity index (χ4v) is 6.05. The van der Waals surface area contributed by atoms with Crippen LogP contribution < -0.4 is 10.5 Å². The van der Waals surface area contributed by atoms with Crippen LogP contribution in [-0.2, 0) is 11.2 Å². The third kappa shape index (κ3) is 2.32. The second-order valence-electron chi connectivity index (χ2n) is 7.92. The quantitative estimate of drug-likeness (QED) is 0.914. The van der Waals surface area contributed by atoms with Gasteiger partial charge in [0.15, 0.2) is 0 Å². The summed E-state index contributed by atoms with van der Waals surface area (Å²) in [6.07, 6.45) is 7.62. The number of hydrogen-bond acceptors (Lipinski definition) is 3. The molecule has 3 heteroatoms. The van der Waals surface area contributed by atoms with Crippen LogP contribution in [0.2, 0.25) is 0 Å². The second-order valence-corrected chi connectivity index (χ2v) is 7.92. The first kappa shape index (κ1) is 16.1. The van der Waals surface area contributed by atoms with Gasteiger partial charge >= 0.3 is 0 Å². The Morgan fingerprint density at radius 2 is 2.12 bits per heavy atom. The molecule has 0 aliphatic heterocycles. The first-order valence-electron chi connectivity index (χ1n) is 9.68. The van der Waals surface area contributed by atoms with Gasteiger partial charge in [0.2, 0.25) is 0 Å². The summed E-state index contributed by atoms with van der Waals surface area (Å²) in [7, 11) is 0. The Bertz CT molecular complexity index is 641. The molecule has 0 aromatic heterocycles. The Morgan fingerprint density at radius 3 is 2.92 bits per heavy atom. The molecule has 24 heavy (non-hydrogen) atoms. The lowest BCUT2D eigenvalue weighted by atomic mass is 9.54. The van der Waals surface area contributed by atoms with Gasteiger partial charge in [0.25, 0.3) is 0 Å². The van der Waals surface area contributed by atoms with Gasteiger partial charge in [0.05, 0.1) is 0 Å². The van der Waals surface area contributed by atoms with E-state index < -0.39 is 0 Å². The van der Waals surface area contributed by atoms with E-state index in [0.717, 1.165) is 37.9 Å². The van der Waals surface area contributed by atoms with Crippen molar-refractivity contribution in [1.29, 1.82) is 0 Å². The van der Waals surface area contributed by atoms with Crippen molar-refractivity contribution in [3.8, 4) is 5.75 Å².